The Bertz CT molecular complexity index is 902. The van der Waals surface area contributed by atoms with Crippen LogP contribution in [0.15, 0.2) is 65.2 Å². The Morgan fingerprint density at radius 3 is 2.54 bits per heavy atom. The minimum Gasteiger partial charge on any atom is -0.320 e. The molecule has 1 aliphatic heterocycles. The fourth-order valence-corrected chi connectivity index (χ4v) is 3.86. The van der Waals surface area contributed by atoms with Gasteiger partial charge in [0.1, 0.15) is 0 Å². The molecule has 2 aromatic carbocycles. The third-order valence-electron chi connectivity index (χ3n) is 4.07. The quantitative estimate of drug-likeness (QED) is 0.783. The van der Waals surface area contributed by atoms with Gasteiger partial charge in [-0.15, -0.1) is 0 Å². The number of rotatable bonds is 5. The summed E-state index contributed by atoms with van der Waals surface area (Å²) in [6.45, 7) is 0. The maximum Gasteiger partial charge on any atom is 0.225 e. The smallest absolute Gasteiger partial charge is 0.225 e. The molecule has 1 N–H and O–H groups in total. The van der Waals surface area contributed by atoms with E-state index in [1.807, 2.05) is 30.3 Å². The van der Waals surface area contributed by atoms with Crippen molar-refractivity contribution in [1.29, 1.82) is 5.26 Å². The summed E-state index contributed by atoms with van der Waals surface area (Å²) in [6, 6.07) is 18.3. The van der Waals surface area contributed by atoms with Crippen molar-refractivity contribution in [2.24, 2.45) is 0 Å². The lowest BCUT2D eigenvalue weighted by Crippen LogP contribution is -2.31. The lowest BCUT2D eigenvalue weighted by atomic mass is 9.87. The highest BCUT2D eigenvalue weighted by Gasteiger charge is 2.29. The number of nitrogens with zero attached hydrogens (tertiary/aromatic N) is 1. The highest BCUT2D eigenvalue weighted by atomic mass is 35.5. The number of thioether (sulfide) groups is 1. The second-order valence-corrected chi connectivity index (χ2v) is 7.21. The van der Waals surface area contributed by atoms with Gasteiger partial charge in [-0.25, -0.2) is 0 Å². The number of nitriles is 1. The van der Waals surface area contributed by atoms with E-state index in [1.54, 1.807) is 24.3 Å². The SMILES string of the molecule is N#CC1=C(SCC(=O)c2ccc(Cl)cc2)NC(=O)C[C@H]1c1ccccc1. The fourth-order valence-electron chi connectivity index (χ4n) is 2.76. The zero-order valence-electron chi connectivity index (χ0n) is 13.7. The minimum atomic E-state index is -0.289. The Labute approximate surface area is 160 Å². The maximum absolute atomic E-state index is 12.3. The molecule has 1 aliphatic rings. The number of Topliss-reactive ketones (excluding diaryl/α,β-unsaturated/α-hetero) is 1. The lowest BCUT2D eigenvalue weighted by Gasteiger charge is -2.25. The Morgan fingerprint density at radius 2 is 1.88 bits per heavy atom. The summed E-state index contributed by atoms with van der Waals surface area (Å²) in [4.78, 5) is 24.4. The van der Waals surface area contributed by atoms with Crippen molar-refractivity contribution in [3.05, 3.63) is 81.3 Å². The van der Waals surface area contributed by atoms with Gasteiger partial charge in [-0.05, 0) is 29.8 Å². The number of ketones is 1. The number of hydrogen-bond acceptors (Lipinski definition) is 4. The summed E-state index contributed by atoms with van der Waals surface area (Å²) in [5.74, 6) is -0.404. The van der Waals surface area contributed by atoms with Gasteiger partial charge in [-0.3, -0.25) is 9.59 Å². The van der Waals surface area contributed by atoms with Crippen LogP contribution in [0.3, 0.4) is 0 Å². The molecule has 1 heterocycles. The number of nitrogens with one attached hydrogen (secondary N) is 1. The summed E-state index contributed by atoms with van der Waals surface area (Å²) < 4.78 is 0. The van der Waals surface area contributed by atoms with Crippen LogP contribution in [0.5, 0.6) is 0 Å². The molecule has 0 unspecified atom stereocenters. The first kappa shape index (κ1) is 18.2. The molecule has 0 fully saturated rings. The Balaban J connectivity index is 1.81. The van der Waals surface area contributed by atoms with Crippen molar-refractivity contribution in [2.45, 2.75) is 12.3 Å². The predicted octanol–water partition coefficient (Wildman–Crippen LogP) is 4.29. The van der Waals surface area contributed by atoms with E-state index in [2.05, 4.69) is 11.4 Å². The van der Waals surface area contributed by atoms with Crippen LogP contribution in [0.2, 0.25) is 5.02 Å². The zero-order valence-corrected chi connectivity index (χ0v) is 15.3. The number of amides is 1. The monoisotopic (exact) mass is 382 g/mol. The Kier molecular flexibility index (Phi) is 5.77. The Hall–Kier alpha value is -2.55. The van der Waals surface area contributed by atoms with Gasteiger partial charge in [-0.1, -0.05) is 53.7 Å². The van der Waals surface area contributed by atoms with Crippen LogP contribution in [0, 0.1) is 11.3 Å². The highest BCUT2D eigenvalue weighted by Crippen LogP contribution is 2.35. The van der Waals surface area contributed by atoms with E-state index in [0.29, 0.717) is 21.2 Å². The molecule has 0 saturated carbocycles. The molecule has 0 aliphatic carbocycles. The van der Waals surface area contributed by atoms with Gasteiger partial charge in [0.25, 0.3) is 0 Å². The van der Waals surface area contributed by atoms with Crippen LogP contribution in [0.4, 0.5) is 0 Å². The van der Waals surface area contributed by atoms with E-state index in [0.717, 1.165) is 5.56 Å². The van der Waals surface area contributed by atoms with Gasteiger partial charge < -0.3 is 5.32 Å². The van der Waals surface area contributed by atoms with Gasteiger partial charge in [0.2, 0.25) is 5.91 Å². The van der Waals surface area contributed by atoms with Crippen molar-refractivity contribution in [3.63, 3.8) is 0 Å². The molecule has 3 rings (SSSR count). The summed E-state index contributed by atoms with van der Waals surface area (Å²) in [7, 11) is 0. The van der Waals surface area contributed by atoms with Gasteiger partial charge in [0, 0.05) is 22.9 Å². The van der Waals surface area contributed by atoms with Gasteiger partial charge in [0.05, 0.1) is 22.4 Å². The third-order valence-corrected chi connectivity index (χ3v) is 5.34. The van der Waals surface area contributed by atoms with E-state index in [9.17, 15) is 14.9 Å². The van der Waals surface area contributed by atoms with Crippen LogP contribution >= 0.6 is 23.4 Å². The largest absolute Gasteiger partial charge is 0.320 e. The molecule has 0 bridgehead atoms. The predicted molar refractivity (Wildman–Crippen MR) is 103 cm³/mol. The van der Waals surface area contributed by atoms with Crippen LogP contribution < -0.4 is 5.32 Å². The average Bonchev–Trinajstić information content (AvgIpc) is 2.67. The Morgan fingerprint density at radius 1 is 1.19 bits per heavy atom. The van der Waals surface area contributed by atoms with Crippen molar-refractivity contribution in [2.75, 3.05) is 5.75 Å². The molecular weight excluding hydrogens is 368 g/mol. The fraction of sp³-hybridized carbons (Fsp3) is 0.150. The molecule has 130 valence electrons. The standard InChI is InChI=1S/C20H15ClN2O2S/c21-15-8-6-14(7-9-15)18(24)12-26-20-17(11-22)16(10-19(25)23-20)13-4-2-1-3-5-13/h1-9,16H,10,12H2,(H,23,25)/t16-/m0/s1. The zero-order chi connectivity index (χ0) is 18.5. The first-order valence-electron chi connectivity index (χ1n) is 7.99. The number of allylic oxidation sites excluding steroid dienone is 1. The van der Waals surface area contributed by atoms with Crippen molar-refractivity contribution in [3.8, 4) is 6.07 Å². The van der Waals surface area contributed by atoms with Crippen LogP contribution in [-0.2, 0) is 4.79 Å². The maximum atomic E-state index is 12.3. The first-order chi connectivity index (χ1) is 12.6. The van der Waals surface area contributed by atoms with Crippen LogP contribution in [-0.4, -0.2) is 17.4 Å². The van der Waals surface area contributed by atoms with E-state index in [4.69, 9.17) is 11.6 Å². The highest BCUT2D eigenvalue weighted by molar-refractivity contribution is 8.03. The summed E-state index contributed by atoms with van der Waals surface area (Å²) in [6.07, 6.45) is 0.224. The van der Waals surface area contributed by atoms with Gasteiger partial charge in [-0.2, -0.15) is 5.26 Å². The average molecular weight is 383 g/mol. The molecule has 0 saturated heterocycles. The molecular formula is C20H15ClN2O2S. The molecule has 0 aromatic heterocycles. The molecule has 1 atom stereocenters. The molecule has 4 nitrogen and oxygen atoms in total. The van der Waals surface area contributed by atoms with Crippen molar-refractivity contribution < 1.29 is 9.59 Å². The van der Waals surface area contributed by atoms with E-state index >= 15 is 0 Å². The van der Waals surface area contributed by atoms with E-state index in [1.165, 1.54) is 11.8 Å². The van der Waals surface area contributed by atoms with Crippen LogP contribution in [0.25, 0.3) is 0 Å². The minimum absolute atomic E-state index is 0.0902. The first-order valence-corrected chi connectivity index (χ1v) is 9.35. The summed E-state index contributed by atoms with van der Waals surface area (Å²) in [5, 5.41) is 13.4. The second-order valence-electron chi connectivity index (χ2n) is 5.79. The van der Waals surface area contributed by atoms with Crippen molar-refractivity contribution >= 4 is 35.1 Å². The number of carbonyl (C=O) groups excluding carboxylic acids is 2. The number of benzene rings is 2. The summed E-state index contributed by atoms with van der Waals surface area (Å²) in [5.41, 5.74) is 1.95. The van der Waals surface area contributed by atoms with E-state index in [-0.39, 0.29) is 29.8 Å². The molecule has 6 heteroatoms. The number of halogens is 1. The van der Waals surface area contributed by atoms with Gasteiger partial charge >= 0.3 is 0 Å². The number of hydrogen-bond donors (Lipinski definition) is 1. The lowest BCUT2D eigenvalue weighted by molar-refractivity contribution is -0.120. The topological polar surface area (TPSA) is 70.0 Å². The summed E-state index contributed by atoms with van der Waals surface area (Å²) >= 11 is 7.02. The van der Waals surface area contributed by atoms with Crippen molar-refractivity contribution in [1.82, 2.24) is 5.32 Å². The number of carbonyl (C=O) groups is 2. The van der Waals surface area contributed by atoms with Gasteiger partial charge in [0.15, 0.2) is 5.78 Å². The van der Waals surface area contributed by atoms with Crippen LogP contribution in [0.1, 0.15) is 28.3 Å². The molecule has 0 radical (unpaired) electrons. The van der Waals surface area contributed by atoms with E-state index < -0.39 is 0 Å². The second kappa shape index (κ2) is 8.22. The third kappa shape index (κ3) is 4.16. The molecule has 2 aromatic rings. The normalized spacial score (nSPS) is 16.8. The molecule has 0 spiro atoms. The molecule has 26 heavy (non-hydrogen) atoms. The molecule has 1 amide bonds.